The minimum Gasteiger partial charge on any atom is -0.378 e. The number of anilines is 1. The molecule has 0 unspecified atom stereocenters. The molecule has 2 aromatic heterocycles. The summed E-state index contributed by atoms with van der Waals surface area (Å²) in [5.41, 5.74) is 0.836. The minimum atomic E-state index is 0.180. The van der Waals surface area contributed by atoms with Gasteiger partial charge in [0.1, 0.15) is 5.82 Å². The smallest absolute Gasteiger partial charge is 0.223 e. The lowest BCUT2D eigenvalue weighted by Gasteiger charge is -2.28. The first-order valence-electron chi connectivity index (χ1n) is 10.2. The lowest BCUT2D eigenvalue weighted by Crippen LogP contribution is -2.37. The zero-order valence-electron chi connectivity index (χ0n) is 16.4. The van der Waals surface area contributed by atoms with Crippen LogP contribution >= 0.6 is 11.8 Å². The number of amides is 1. The summed E-state index contributed by atoms with van der Waals surface area (Å²) >= 11 is 1.63. The van der Waals surface area contributed by atoms with Gasteiger partial charge in [-0.1, -0.05) is 31.5 Å². The summed E-state index contributed by atoms with van der Waals surface area (Å²) in [6, 6.07) is 0. The van der Waals surface area contributed by atoms with E-state index in [1.807, 2.05) is 10.9 Å². The van der Waals surface area contributed by atoms with E-state index < -0.39 is 0 Å². The van der Waals surface area contributed by atoms with Gasteiger partial charge in [0.25, 0.3) is 0 Å². The molecule has 4 rings (SSSR count). The van der Waals surface area contributed by atoms with E-state index in [1.165, 1.54) is 12.8 Å². The summed E-state index contributed by atoms with van der Waals surface area (Å²) in [5.74, 6) is 2.22. The molecule has 1 aliphatic carbocycles. The minimum absolute atomic E-state index is 0.180. The fourth-order valence-corrected chi connectivity index (χ4v) is 4.47. The van der Waals surface area contributed by atoms with Crippen molar-refractivity contribution in [2.45, 2.75) is 44.3 Å². The Morgan fingerprint density at radius 1 is 1.29 bits per heavy atom. The Labute approximate surface area is 169 Å². The van der Waals surface area contributed by atoms with E-state index in [0.717, 1.165) is 53.7 Å². The van der Waals surface area contributed by atoms with E-state index in [2.05, 4.69) is 22.2 Å². The summed E-state index contributed by atoms with van der Waals surface area (Å²) < 4.78 is 7.37. The van der Waals surface area contributed by atoms with Crippen molar-refractivity contribution in [2.75, 3.05) is 43.5 Å². The molecule has 152 valence electrons. The molecule has 28 heavy (non-hydrogen) atoms. The summed E-state index contributed by atoms with van der Waals surface area (Å²) in [6.07, 6.45) is 6.22. The van der Waals surface area contributed by atoms with Crippen LogP contribution in [0.15, 0.2) is 11.4 Å². The SMILES string of the molecule is CCSc1nc(N2CCOCC2)c2cnn(CCNC(=O)C3CCCC3)c2n1. The van der Waals surface area contributed by atoms with Gasteiger partial charge >= 0.3 is 0 Å². The number of morpholine rings is 1. The Kier molecular flexibility index (Phi) is 6.31. The Hall–Kier alpha value is -1.87. The number of rotatable bonds is 7. The van der Waals surface area contributed by atoms with Crippen LogP contribution in [0.5, 0.6) is 0 Å². The van der Waals surface area contributed by atoms with Gasteiger partial charge in [-0.25, -0.2) is 14.6 Å². The molecule has 2 fully saturated rings. The average Bonchev–Trinajstić information content (AvgIpc) is 3.39. The maximum atomic E-state index is 12.2. The molecule has 0 spiro atoms. The van der Waals surface area contributed by atoms with Crippen molar-refractivity contribution in [1.29, 1.82) is 0 Å². The largest absolute Gasteiger partial charge is 0.378 e. The Morgan fingerprint density at radius 3 is 2.82 bits per heavy atom. The first kappa shape index (κ1) is 19.4. The van der Waals surface area contributed by atoms with Gasteiger partial charge in [0, 0.05) is 25.6 Å². The van der Waals surface area contributed by atoms with Gasteiger partial charge in [-0.15, -0.1) is 0 Å². The van der Waals surface area contributed by atoms with E-state index in [-0.39, 0.29) is 11.8 Å². The van der Waals surface area contributed by atoms with Crippen LogP contribution in [0, 0.1) is 5.92 Å². The second-order valence-electron chi connectivity index (χ2n) is 7.24. The van der Waals surface area contributed by atoms with Crippen molar-refractivity contribution in [1.82, 2.24) is 25.1 Å². The van der Waals surface area contributed by atoms with Crippen molar-refractivity contribution in [2.24, 2.45) is 5.92 Å². The van der Waals surface area contributed by atoms with Crippen LogP contribution in [0.2, 0.25) is 0 Å². The Morgan fingerprint density at radius 2 is 2.07 bits per heavy atom. The van der Waals surface area contributed by atoms with Gasteiger partial charge in [0.2, 0.25) is 5.91 Å². The number of thioether (sulfide) groups is 1. The van der Waals surface area contributed by atoms with Crippen molar-refractivity contribution in [3.63, 3.8) is 0 Å². The van der Waals surface area contributed by atoms with E-state index in [4.69, 9.17) is 14.7 Å². The molecule has 2 aromatic rings. The quantitative estimate of drug-likeness (QED) is 0.559. The molecule has 1 amide bonds. The molecule has 9 heteroatoms. The molecule has 2 aliphatic rings. The summed E-state index contributed by atoms with van der Waals surface area (Å²) in [7, 11) is 0. The van der Waals surface area contributed by atoms with Gasteiger partial charge in [-0.3, -0.25) is 4.79 Å². The molecular weight excluding hydrogens is 376 g/mol. The van der Waals surface area contributed by atoms with Crippen molar-refractivity contribution >= 4 is 34.5 Å². The molecule has 1 saturated heterocycles. The molecule has 0 aromatic carbocycles. The molecular formula is C19H28N6O2S. The van der Waals surface area contributed by atoms with E-state index in [0.29, 0.717) is 26.3 Å². The maximum absolute atomic E-state index is 12.2. The number of carbonyl (C=O) groups is 1. The van der Waals surface area contributed by atoms with E-state index in [9.17, 15) is 4.79 Å². The molecule has 1 saturated carbocycles. The van der Waals surface area contributed by atoms with Crippen LogP contribution in [-0.4, -0.2) is 64.3 Å². The molecule has 0 bridgehead atoms. The lowest BCUT2D eigenvalue weighted by molar-refractivity contribution is -0.124. The van der Waals surface area contributed by atoms with E-state index >= 15 is 0 Å². The number of ether oxygens (including phenoxy) is 1. The standard InChI is InChI=1S/C19H28N6O2S/c1-2-28-19-22-16(24-9-11-27-12-10-24)15-13-21-25(17(15)23-19)8-7-20-18(26)14-5-3-4-6-14/h13-14H,2-12H2,1H3,(H,20,26). The van der Waals surface area contributed by atoms with Crippen molar-refractivity contribution < 1.29 is 9.53 Å². The van der Waals surface area contributed by atoms with Gasteiger partial charge in [-0.05, 0) is 18.6 Å². The monoisotopic (exact) mass is 404 g/mol. The second-order valence-corrected chi connectivity index (χ2v) is 8.47. The summed E-state index contributed by atoms with van der Waals surface area (Å²) in [6.45, 7) is 6.35. The second kappa shape index (κ2) is 9.09. The number of aromatic nitrogens is 4. The van der Waals surface area contributed by atoms with Crippen LogP contribution in [0.1, 0.15) is 32.6 Å². The predicted molar refractivity (Wildman–Crippen MR) is 110 cm³/mol. The van der Waals surface area contributed by atoms with Gasteiger partial charge in [-0.2, -0.15) is 5.10 Å². The number of nitrogens with one attached hydrogen (secondary N) is 1. The Bertz CT molecular complexity index is 814. The Balaban J connectivity index is 1.51. The highest BCUT2D eigenvalue weighted by atomic mass is 32.2. The fourth-order valence-electron chi connectivity index (χ4n) is 3.91. The summed E-state index contributed by atoms with van der Waals surface area (Å²) in [5, 5.41) is 9.35. The average molecular weight is 405 g/mol. The normalized spacial score (nSPS) is 18.1. The van der Waals surface area contributed by atoms with Gasteiger partial charge < -0.3 is 15.0 Å². The first-order chi connectivity index (χ1) is 13.8. The third kappa shape index (κ3) is 4.25. The summed E-state index contributed by atoms with van der Waals surface area (Å²) in [4.78, 5) is 24.0. The molecule has 8 nitrogen and oxygen atoms in total. The van der Waals surface area contributed by atoms with Gasteiger partial charge in [0.15, 0.2) is 10.8 Å². The van der Waals surface area contributed by atoms with Crippen LogP contribution in [0.4, 0.5) is 5.82 Å². The van der Waals surface area contributed by atoms with E-state index in [1.54, 1.807) is 11.8 Å². The number of nitrogens with zero attached hydrogens (tertiary/aromatic N) is 5. The number of fused-ring (bicyclic) bond motifs is 1. The lowest BCUT2D eigenvalue weighted by atomic mass is 10.1. The van der Waals surface area contributed by atoms with Crippen molar-refractivity contribution in [3.05, 3.63) is 6.20 Å². The highest BCUT2D eigenvalue weighted by molar-refractivity contribution is 7.99. The topological polar surface area (TPSA) is 85.2 Å². The number of hydrogen-bond donors (Lipinski definition) is 1. The zero-order chi connectivity index (χ0) is 19.3. The van der Waals surface area contributed by atoms with Crippen LogP contribution in [0.25, 0.3) is 11.0 Å². The van der Waals surface area contributed by atoms with Crippen LogP contribution < -0.4 is 10.2 Å². The van der Waals surface area contributed by atoms with Gasteiger partial charge in [0.05, 0.1) is 31.3 Å². The molecule has 1 N–H and O–H groups in total. The van der Waals surface area contributed by atoms with Crippen molar-refractivity contribution in [3.8, 4) is 0 Å². The highest BCUT2D eigenvalue weighted by Gasteiger charge is 2.23. The molecule has 3 heterocycles. The highest BCUT2D eigenvalue weighted by Crippen LogP contribution is 2.28. The fraction of sp³-hybridized carbons (Fsp3) is 0.684. The molecule has 1 aliphatic heterocycles. The number of carbonyl (C=O) groups excluding carboxylic acids is 1. The number of hydrogen-bond acceptors (Lipinski definition) is 7. The predicted octanol–water partition coefficient (Wildman–Crippen LogP) is 2.08. The third-order valence-electron chi connectivity index (χ3n) is 5.39. The molecule has 0 atom stereocenters. The third-order valence-corrected chi connectivity index (χ3v) is 6.12. The zero-order valence-corrected chi connectivity index (χ0v) is 17.2. The maximum Gasteiger partial charge on any atom is 0.223 e. The molecule has 0 radical (unpaired) electrons. The van der Waals surface area contributed by atoms with Crippen LogP contribution in [-0.2, 0) is 16.1 Å². The first-order valence-corrected chi connectivity index (χ1v) is 11.2. The van der Waals surface area contributed by atoms with Crippen LogP contribution in [0.3, 0.4) is 0 Å².